The van der Waals surface area contributed by atoms with Crippen LogP contribution in [0, 0.1) is 5.92 Å². The average molecular weight is 332 g/mol. The molecule has 120 valence electrons. The monoisotopic (exact) mass is 331 g/mol. The normalized spacial score (nSPS) is 26.9. The first-order chi connectivity index (χ1) is 9.33. The molecule has 2 saturated heterocycles. The fraction of sp³-hybridized carbons (Fsp3) is 0.625. The van der Waals surface area contributed by atoms with Crippen LogP contribution in [0.2, 0.25) is 0 Å². The summed E-state index contributed by atoms with van der Waals surface area (Å²) < 4.78 is 0. The number of nitrogens with one attached hydrogen (secondary N) is 1. The second kappa shape index (κ2) is 8.96. The Labute approximate surface area is 140 Å². The largest absolute Gasteiger partial charge is 0.326 e. The number of likely N-dealkylation sites (tertiary alicyclic amines) is 1. The molecule has 21 heavy (non-hydrogen) atoms. The molecule has 2 heterocycles. The van der Waals surface area contributed by atoms with Crippen LogP contribution < -0.4 is 11.1 Å². The van der Waals surface area contributed by atoms with Crippen LogP contribution in [-0.2, 0) is 0 Å². The molecule has 0 saturated carbocycles. The van der Waals surface area contributed by atoms with Crippen molar-refractivity contribution in [1.82, 2.24) is 10.2 Å². The first-order valence-corrected chi connectivity index (χ1v) is 7.56. The highest BCUT2D eigenvalue weighted by molar-refractivity contribution is 5.85. The van der Waals surface area contributed by atoms with Crippen molar-refractivity contribution in [2.45, 2.75) is 24.8 Å². The third kappa shape index (κ3) is 4.83. The van der Waals surface area contributed by atoms with Gasteiger partial charge in [-0.1, -0.05) is 30.3 Å². The smallest absolute Gasteiger partial charge is 0.0249 e. The fourth-order valence-corrected chi connectivity index (χ4v) is 3.54. The molecule has 2 aliphatic heterocycles. The lowest BCUT2D eigenvalue weighted by molar-refractivity contribution is 0.237. The molecule has 3 nitrogen and oxygen atoms in total. The fourth-order valence-electron chi connectivity index (χ4n) is 3.54. The number of benzene rings is 1. The van der Waals surface area contributed by atoms with Gasteiger partial charge in [0.05, 0.1) is 0 Å². The van der Waals surface area contributed by atoms with Crippen molar-refractivity contribution in [3.8, 4) is 0 Å². The third-order valence-electron chi connectivity index (χ3n) is 4.64. The molecule has 0 unspecified atom stereocenters. The molecule has 2 atom stereocenters. The molecule has 0 spiro atoms. The SMILES string of the molecule is Cl.Cl.N[C@@H]1CN(CC2CCNCC2)C[C@H]1c1ccccc1. The molecule has 2 fully saturated rings. The quantitative estimate of drug-likeness (QED) is 0.892. The van der Waals surface area contributed by atoms with Gasteiger partial charge in [-0.05, 0) is 37.4 Å². The number of piperidine rings is 1. The van der Waals surface area contributed by atoms with E-state index in [0.29, 0.717) is 12.0 Å². The molecule has 0 amide bonds. The number of hydrogen-bond donors (Lipinski definition) is 2. The van der Waals surface area contributed by atoms with Crippen LogP contribution in [-0.4, -0.2) is 43.7 Å². The van der Waals surface area contributed by atoms with Gasteiger partial charge < -0.3 is 16.0 Å². The van der Waals surface area contributed by atoms with Gasteiger partial charge in [0.2, 0.25) is 0 Å². The van der Waals surface area contributed by atoms with Crippen LogP contribution in [0.1, 0.15) is 24.3 Å². The lowest BCUT2D eigenvalue weighted by Gasteiger charge is -2.27. The zero-order valence-corrected chi connectivity index (χ0v) is 14.0. The predicted octanol–water partition coefficient (Wildman–Crippen LogP) is 2.26. The Bertz CT molecular complexity index is 396. The molecule has 0 aliphatic carbocycles. The molecule has 3 rings (SSSR count). The Balaban J connectivity index is 0.00000110. The van der Waals surface area contributed by atoms with Crippen LogP contribution in [0.25, 0.3) is 0 Å². The molecular formula is C16H27Cl2N3. The van der Waals surface area contributed by atoms with Gasteiger partial charge in [0, 0.05) is 31.6 Å². The maximum atomic E-state index is 6.35. The summed E-state index contributed by atoms with van der Waals surface area (Å²) in [5, 5.41) is 3.44. The summed E-state index contributed by atoms with van der Waals surface area (Å²) in [7, 11) is 0. The van der Waals surface area contributed by atoms with E-state index in [-0.39, 0.29) is 24.8 Å². The standard InChI is InChI=1S/C16H25N3.2ClH/c17-16-12-19(10-13-6-8-18-9-7-13)11-15(16)14-4-2-1-3-5-14;;/h1-5,13,15-16,18H,6-12,17H2;2*1H/t15-,16+;;/m0../s1. The van der Waals surface area contributed by atoms with E-state index in [1.54, 1.807) is 0 Å². The van der Waals surface area contributed by atoms with E-state index in [1.807, 2.05) is 0 Å². The minimum absolute atomic E-state index is 0. The van der Waals surface area contributed by atoms with Crippen LogP contribution >= 0.6 is 24.8 Å². The highest BCUT2D eigenvalue weighted by atomic mass is 35.5. The van der Waals surface area contributed by atoms with Gasteiger partial charge in [0.1, 0.15) is 0 Å². The second-order valence-electron chi connectivity index (χ2n) is 6.09. The van der Waals surface area contributed by atoms with Crippen molar-refractivity contribution in [3.05, 3.63) is 35.9 Å². The molecule has 1 aromatic rings. The summed E-state index contributed by atoms with van der Waals surface area (Å²) in [4.78, 5) is 2.58. The molecule has 2 aliphatic rings. The van der Waals surface area contributed by atoms with Crippen molar-refractivity contribution < 1.29 is 0 Å². The predicted molar refractivity (Wildman–Crippen MR) is 93.7 cm³/mol. The van der Waals surface area contributed by atoms with Crippen molar-refractivity contribution in [3.63, 3.8) is 0 Å². The Morgan fingerprint density at radius 2 is 1.71 bits per heavy atom. The van der Waals surface area contributed by atoms with E-state index >= 15 is 0 Å². The van der Waals surface area contributed by atoms with Gasteiger partial charge in [-0.15, -0.1) is 24.8 Å². The Morgan fingerprint density at radius 1 is 1.05 bits per heavy atom. The van der Waals surface area contributed by atoms with Gasteiger partial charge in [-0.3, -0.25) is 0 Å². The van der Waals surface area contributed by atoms with Crippen molar-refractivity contribution in [1.29, 1.82) is 0 Å². The maximum absolute atomic E-state index is 6.35. The summed E-state index contributed by atoms with van der Waals surface area (Å²) >= 11 is 0. The molecule has 0 radical (unpaired) electrons. The highest BCUT2D eigenvalue weighted by Gasteiger charge is 2.32. The van der Waals surface area contributed by atoms with E-state index < -0.39 is 0 Å². The molecule has 3 N–H and O–H groups in total. The number of rotatable bonds is 3. The van der Waals surface area contributed by atoms with Gasteiger partial charge in [0.15, 0.2) is 0 Å². The first kappa shape index (κ1) is 18.7. The lowest BCUT2D eigenvalue weighted by Crippen LogP contribution is -2.36. The Morgan fingerprint density at radius 3 is 2.38 bits per heavy atom. The van der Waals surface area contributed by atoms with Gasteiger partial charge in [0.25, 0.3) is 0 Å². The van der Waals surface area contributed by atoms with Crippen molar-refractivity contribution in [2.24, 2.45) is 11.7 Å². The van der Waals surface area contributed by atoms with E-state index in [4.69, 9.17) is 5.73 Å². The second-order valence-corrected chi connectivity index (χ2v) is 6.09. The lowest BCUT2D eigenvalue weighted by atomic mass is 9.95. The molecule has 1 aromatic carbocycles. The van der Waals surface area contributed by atoms with Crippen LogP contribution in [0.5, 0.6) is 0 Å². The summed E-state index contributed by atoms with van der Waals surface area (Å²) in [6, 6.07) is 11.1. The van der Waals surface area contributed by atoms with E-state index in [0.717, 1.165) is 19.0 Å². The van der Waals surface area contributed by atoms with Gasteiger partial charge in [-0.2, -0.15) is 0 Å². The number of nitrogens with two attached hydrogens (primary N) is 1. The summed E-state index contributed by atoms with van der Waals surface area (Å²) in [6.07, 6.45) is 2.64. The minimum atomic E-state index is 0. The number of hydrogen-bond acceptors (Lipinski definition) is 3. The van der Waals surface area contributed by atoms with Crippen molar-refractivity contribution in [2.75, 3.05) is 32.7 Å². The summed E-state index contributed by atoms with van der Waals surface area (Å²) in [6.45, 7) is 5.80. The molecular weight excluding hydrogens is 305 g/mol. The third-order valence-corrected chi connectivity index (χ3v) is 4.64. The van der Waals surface area contributed by atoms with E-state index in [1.165, 1.54) is 38.0 Å². The highest BCUT2D eigenvalue weighted by Crippen LogP contribution is 2.27. The summed E-state index contributed by atoms with van der Waals surface area (Å²) in [5.41, 5.74) is 7.76. The first-order valence-electron chi connectivity index (χ1n) is 7.56. The Kier molecular flexibility index (Phi) is 7.99. The number of halogens is 2. The topological polar surface area (TPSA) is 41.3 Å². The van der Waals surface area contributed by atoms with Gasteiger partial charge >= 0.3 is 0 Å². The zero-order valence-electron chi connectivity index (χ0n) is 12.4. The Hall–Kier alpha value is -0.320. The minimum Gasteiger partial charge on any atom is -0.326 e. The average Bonchev–Trinajstić information content (AvgIpc) is 2.82. The molecule has 0 bridgehead atoms. The van der Waals surface area contributed by atoms with Crippen molar-refractivity contribution >= 4 is 24.8 Å². The number of nitrogens with zero attached hydrogens (tertiary/aromatic N) is 1. The summed E-state index contributed by atoms with van der Waals surface area (Å²) in [5.74, 6) is 1.38. The molecule has 0 aromatic heterocycles. The van der Waals surface area contributed by atoms with E-state index in [2.05, 4.69) is 40.5 Å². The van der Waals surface area contributed by atoms with Crippen LogP contribution in [0.15, 0.2) is 30.3 Å². The van der Waals surface area contributed by atoms with E-state index in [9.17, 15) is 0 Å². The molecule has 5 heteroatoms. The van der Waals surface area contributed by atoms with Gasteiger partial charge in [-0.25, -0.2) is 0 Å². The maximum Gasteiger partial charge on any atom is 0.0249 e. The van der Waals surface area contributed by atoms with Crippen LogP contribution in [0.4, 0.5) is 0 Å². The van der Waals surface area contributed by atoms with Crippen LogP contribution in [0.3, 0.4) is 0 Å². The zero-order chi connectivity index (χ0) is 13.1.